The van der Waals surface area contributed by atoms with E-state index < -0.39 is 5.97 Å². The number of carboxylic acids is 1. The van der Waals surface area contributed by atoms with Gasteiger partial charge in [0.15, 0.2) is 0 Å². The van der Waals surface area contributed by atoms with E-state index in [-0.39, 0.29) is 41.5 Å². The standard InChI is InChI=1S/C15H11N3O3.Na/c19-12(20)6-8-2-1-3-9-10(8)7-11-13(9)17-15(21)14-16-4-5-18(11)14;/h1-5H,6-7H2,(H,17,21)(H,19,20);/q;+1/p-1. The van der Waals surface area contributed by atoms with Crippen LogP contribution in [0.3, 0.4) is 0 Å². The van der Waals surface area contributed by atoms with Gasteiger partial charge in [-0.3, -0.25) is 9.20 Å². The van der Waals surface area contributed by atoms with Crippen LogP contribution < -0.4 is 40.2 Å². The molecule has 2 aromatic heterocycles. The van der Waals surface area contributed by atoms with Crippen LogP contribution in [0.4, 0.5) is 0 Å². The number of nitrogens with one attached hydrogen (secondary N) is 1. The quantitative estimate of drug-likeness (QED) is 0.397. The summed E-state index contributed by atoms with van der Waals surface area (Å²) in [7, 11) is 0. The third-order valence-electron chi connectivity index (χ3n) is 3.88. The summed E-state index contributed by atoms with van der Waals surface area (Å²) in [4.78, 5) is 29.8. The van der Waals surface area contributed by atoms with Gasteiger partial charge >= 0.3 is 29.6 Å². The molecule has 7 heteroatoms. The van der Waals surface area contributed by atoms with Crippen molar-refractivity contribution in [3.63, 3.8) is 0 Å². The van der Waals surface area contributed by atoms with Gasteiger partial charge in [0.25, 0.3) is 5.56 Å². The van der Waals surface area contributed by atoms with Crippen molar-refractivity contribution >= 4 is 11.6 Å². The Balaban J connectivity index is 0.00000144. The molecular formula is C15H10N3NaO3. The van der Waals surface area contributed by atoms with Crippen LogP contribution in [-0.4, -0.2) is 20.3 Å². The van der Waals surface area contributed by atoms with Crippen molar-refractivity contribution in [3.05, 3.63) is 57.8 Å². The summed E-state index contributed by atoms with van der Waals surface area (Å²) >= 11 is 0. The fraction of sp³-hybridized carbons (Fsp3) is 0.133. The van der Waals surface area contributed by atoms with Crippen LogP contribution >= 0.6 is 0 Å². The third kappa shape index (κ3) is 2.11. The number of aliphatic carboxylic acids is 1. The van der Waals surface area contributed by atoms with Crippen LogP contribution in [0.25, 0.3) is 16.9 Å². The zero-order valence-corrected chi connectivity index (χ0v) is 13.9. The van der Waals surface area contributed by atoms with E-state index in [2.05, 4.69) is 9.97 Å². The van der Waals surface area contributed by atoms with Crippen LogP contribution in [0.2, 0.25) is 0 Å². The van der Waals surface area contributed by atoms with E-state index in [0.717, 1.165) is 28.1 Å². The second-order valence-electron chi connectivity index (χ2n) is 5.07. The van der Waals surface area contributed by atoms with Gasteiger partial charge in [-0.2, -0.15) is 0 Å². The molecular weight excluding hydrogens is 293 g/mol. The van der Waals surface area contributed by atoms with Crippen molar-refractivity contribution < 1.29 is 39.5 Å². The number of H-pyrrole nitrogens is 1. The predicted molar refractivity (Wildman–Crippen MR) is 72.8 cm³/mol. The van der Waals surface area contributed by atoms with Crippen molar-refractivity contribution in [1.29, 1.82) is 0 Å². The summed E-state index contributed by atoms with van der Waals surface area (Å²) in [5, 5.41) is 10.9. The molecule has 1 aliphatic rings. The summed E-state index contributed by atoms with van der Waals surface area (Å²) in [6.45, 7) is 0. The molecule has 0 saturated heterocycles. The van der Waals surface area contributed by atoms with Crippen LogP contribution in [0.1, 0.15) is 16.8 Å². The molecule has 1 aromatic carbocycles. The van der Waals surface area contributed by atoms with Crippen LogP contribution in [0.15, 0.2) is 35.4 Å². The Morgan fingerprint density at radius 3 is 3.00 bits per heavy atom. The molecule has 0 fully saturated rings. The largest absolute Gasteiger partial charge is 1.00 e. The maximum atomic E-state index is 12.0. The smallest absolute Gasteiger partial charge is 0.550 e. The average molecular weight is 303 g/mol. The predicted octanol–water partition coefficient (Wildman–Crippen LogP) is -3.11. The zero-order chi connectivity index (χ0) is 14.6. The molecule has 0 radical (unpaired) electrons. The molecule has 3 aromatic rings. The van der Waals surface area contributed by atoms with Gasteiger partial charge in [-0.1, -0.05) is 18.2 Å². The van der Waals surface area contributed by atoms with Crippen molar-refractivity contribution in [1.82, 2.24) is 14.4 Å². The number of fused-ring (bicyclic) bond motifs is 5. The number of benzene rings is 1. The van der Waals surface area contributed by atoms with Crippen molar-refractivity contribution in [2.45, 2.75) is 12.8 Å². The number of carboxylic acid groups (broad SMARTS) is 1. The first-order valence-corrected chi connectivity index (χ1v) is 6.54. The Labute approximate surface area is 147 Å². The molecule has 0 saturated carbocycles. The van der Waals surface area contributed by atoms with E-state index in [9.17, 15) is 14.7 Å². The van der Waals surface area contributed by atoms with Gasteiger partial charge in [0.05, 0.1) is 11.4 Å². The first-order valence-electron chi connectivity index (χ1n) is 6.54. The molecule has 2 heterocycles. The zero-order valence-electron chi connectivity index (χ0n) is 11.9. The SMILES string of the molecule is O=C([O-])Cc1cccc2c1Cc1c-2[nH]c(=O)c2nccn12.[Na+]. The van der Waals surface area contributed by atoms with Crippen LogP contribution in [0, 0.1) is 0 Å². The number of imidazole rings is 1. The molecule has 0 atom stereocenters. The van der Waals surface area contributed by atoms with Gasteiger partial charge in [-0.15, -0.1) is 0 Å². The van der Waals surface area contributed by atoms with E-state index >= 15 is 0 Å². The second kappa shape index (κ2) is 5.39. The Hall–Kier alpha value is -1.89. The molecule has 6 nitrogen and oxygen atoms in total. The Bertz CT molecular complexity index is 958. The summed E-state index contributed by atoms with van der Waals surface area (Å²) in [5.74, 6) is -1.11. The monoisotopic (exact) mass is 303 g/mol. The normalized spacial score (nSPS) is 11.8. The molecule has 0 spiro atoms. The number of hydrogen-bond acceptors (Lipinski definition) is 4. The molecule has 0 bridgehead atoms. The molecule has 4 rings (SSSR count). The summed E-state index contributed by atoms with van der Waals surface area (Å²) < 4.78 is 1.76. The molecule has 0 aliphatic heterocycles. The maximum absolute atomic E-state index is 12.0. The van der Waals surface area contributed by atoms with Gasteiger partial charge in [-0.05, 0) is 11.1 Å². The second-order valence-corrected chi connectivity index (χ2v) is 5.07. The molecule has 0 amide bonds. The van der Waals surface area contributed by atoms with Gasteiger partial charge < -0.3 is 14.9 Å². The molecule has 104 valence electrons. The van der Waals surface area contributed by atoms with E-state index in [1.54, 1.807) is 28.9 Å². The number of aromatic amines is 1. The van der Waals surface area contributed by atoms with Gasteiger partial charge in [0, 0.05) is 36.8 Å². The fourth-order valence-corrected chi connectivity index (χ4v) is 3.01. The number of aromatic nitrogens is 3. The van der Waals surface area contributed by atoms with E-state index in [1.165, 1.54) is 0 Å². The Morgan fingerprint density at radius 2 is 2.23 bits per heavy atom. The summed E-state index contributed by atoms with van der Waals surface area (Å²) in [6.07, 6.45) is 3.76. The Morgan fingerprint density at radius 1 is 1.41 bits per heavy atom. The van der Waals surface area contributed by atoms with Crippen LogP contribution in [-0.2, 0) is 17.6 Å². The topological polar surface area (TPSA) is 90.3 Å². The average Bonchev–Trinajstić information content (AvgIpc) is 3.03. The first-order chi connectivity index (χ1) is 10.1. The molecule has 1 aliphatic carbocycles. The van der Waals surface area contributed by atoms with E-state index in [0.29, 0.717) is 12.1 Å². The minimum atomic E-state index is -1.11. The summed E-state index contributed by atoms with van der Waals surface area (Å²) in [5.41, 5.74) is 4.27. The maximum Gasteiger partial charge on any atom is 1.00 e. The first kappa shape index (κ1) is 15.0. The summed E-state index contributed by atoms with van der Waals surface area (Å²) in [6, 6.07) is 5.46. The number of hydrogen-bond donors (Lipinski definition) is 1. The van der Waals surface area contributed by atoms with Gasteiger partial charge in [0.2, 0.25) is 5.65 Å². The minimum absolute atomic E-state index is 0. The van der Waals surface area contributed by atoms with Crippen LogP contribution in [0.5, 0.6) is 0 Å². The van der Waals surface area contributed by atoms with Gasteiger partial charge in [-0.25, -0.2) is 4.98 Å². The molecule has 0 unspecified atom stereocenters. The van der Waals surface area contributed by atoms with Crippen molar-refractivity contribution in [2.75, 3.05) is 0 Å². The Kier molecular flexibility index (Phi) is 3.68. The third-order valence-corrected chi connectivity index (χ3v) is 3.88. The van der Waals surface area contributed by atoms with Crippen molar-refractivity contribution in [3.8, 4) is 11.3 Å². The fourth-order valence-electron chi connectivity index (χ4n) is 3.01. The molecule has 1 N–H and O–H groups in total. The number of nitrogens with zero attached hydrogens (tertiary/aromatic N) is 2. The number of carbonyl (C=O) groups is 1. The van der Waals surface area contributed by atoms with E-state index in [4.69, 9.17) is 0 Å². The number of carbonyl (C=O) groups excluding carboxylic acids is 1. The van der Waals surface area contributed by atoms with E-state index in [1.807, 2.05) is 6.07 Å². The van der Waals surface area contributed by atoms with Gasteiger partial charge in [0.1, 0.15) is 0 Å². The number of rotatable bonds is 2. The molecule has 22 heavy (non-hydrogen) atoms. The van der Waals surface area contributed by atoms with Crippen molar-refractivity contribution in [2.24, 2.45) is 0 Å². The minimum Gasteiger partial charge on any atom is -0.550 e.